The van der Waals surface area contributed by atoms with Gasteiger partial charge in [-0.2, -0.15) is 0 Å². The molecule has 0 radical (unpaired) electrons. The minimum absolute atomic E-state index is 0.0391. The maximum atomic E-state index is 5.39. The minimum atomic E-state index is -0.0391. The first-order valence-corrected chi connectivity index (χ1v) is 18.3. The summed E-state index contributed by atoms with van der Waals surface area (Å²) < 4.78 is 4.50. The van der Waals surface area contributed by atoms with Gasteiger partial charge >= 0.3 is 0 Å². The topological polar surface area (TPSA) is 35.6 Å². The average Bonchev–Trinajstić information content (AvgIpc) is 3.86. The standard InChI is InChI=1S/C49H34N4/c1-49(2)40-17-9-6-14-35(40)36-25-24-33(30-41(36)49)31-20-22-32(23-21-31)47-37-15-7-10-18-42(37)50-48(51-47)53-44-19-11-8-16-38(44)46-39-28-29-52(34-12-4-3-5-13-34)43(39)26-27-45(46)53/h3-30H,1-2H3. The van der Waals surface area contributed by atoms with E-state index in [2.05, 4.69) is 193 Å². The summed E-state index contributed by atoms with van der Waals surface area (Å²) in [6, 6.07) is 58.8. The summed E-state index contributed by atoms with van der Waals surface area (Å²) >= 11 is 0. The van der Waals surface area contributed by atoms with Gasteiger partial charge in [0.05, 0.1) is 27.8 Å². The van der Waals surface area contributed by atoms with E-state index in [4.69, 9.17) is 9.97 Å². The fourth-order valence-electron chi connectivity index (χ4n) is 8.80. The van der Waals surface area contributed by atoms with Crippen LogP contribution in [0.1, 0.15) is 25.0 Å². The van der Waals surface area contributed by atoms with Gasteiger partial charge in [-0.25, -0.2) is 9.97 Å². The average molecular weight is 679 g/mol. The molecule has 3 heterocycles. The highest BCUT2D eigenvalue weighted by Crippen LogP contribution is 2.49. The first-order valence-electron chi connectivity index (χ1n) is 18.3. The van der Waals surface area contributed by atoms with E-state index in [1.807, 2.05) is 0 Å². The van der Waals surface area contributed by atoms with Crippen molar-refractivity contribution in [3.63, 3.8) is 0 Å². The van der Waals surface area contributed by atoms with Gasteiger partial charge in [0.15, 0.2) is 0 Å². The van der Waals surface area contributed by atoms with Crippen molar-refractivity contribution < 1.29 is 0 Å². The van der Waals surface area contributed by atoms with Crippen LogP contribution >= 0.6 is 0 Å². The lowest BCUT2D eigenvalue weighted by atomic mass is 9.81. The second-order valence-electron chi connectivity index (χ2n) is 14.7. The fraction of sp³-hybridized carbons (Fsp3) is 0.0612. The van der Waals surface area contributed by atoms with E-state index >= 15 is 0 Å². The van der Waals surface area contributed by atoms with Gasteiger partial charge in [-0.15, -0.1) is 0 Å². The van der Waals surface area contributed by atoms with E-state index in [0.29, 0.717) is 5.95 Å². The van der Waals surface area contributed by atoms with Crippen molar-refractivity contribution in [1.82, 2.24) is 19.1 Å². The van der Waals surface area contributed by atoms with E-state index in [9.17, 15) is 0 Å². The Bertz CT molecular complexity index is 3070. The highest BCUT2D eigenvalue weighted by atomic mass is 15.2. The summed E-state index contributed by atoms with van der Waals surface area (Å²) in [5.41, 5.74) is 15.2. The minimum Gasteiger partial charge on any atom is -0.317 e. The lowest BCUT2D eigenvalue weighted by molar-refractivity contribution is 0.660. The van der Waals surface area contributed by atoms with Gasteiger partial charge in [-0.1, -0.05) is 129 Å². The van der Waals surface area contributed by atoms with Gasteiger partial charge in [0.25, 0.3) is 0 Å². The molecule has 0 aliphatic heterocycles. The molecule has 10 aromatic rings. The second kappa shape index (κ2) is 11.1. The molecular weight excluding hydrogens is 645 g/mol. The number of hydrogen-bond acceptors (Lipinski definition) is 2. The van der Waals surface area contributed by atoms with Crippen LogP contribution in [0.4, 0.5) is 0 Å². The van der Waals surface area contributed by atoms with Crippen LogP contribution in [0.25, 0.3) is 88.8 Å². The van der Waals surface area contributed by atoms with Crippen LogP contribution < -0.4 is 0 Å². The Hall–Kier alpha value is -6.78. The molecule has 4 heteroatoms. The Labute approximate surface area is 307 Å². The summed E-state index contributed by atoms with van der Waals surface area (Å²) in [5, 5.41) is 4.62. The molecule has 1 aliphatic carbocycles. The highest BCUT2D eigenvalue weighted by Gasteiger charge is 2.35. The summed E-state index contributed by atoms with van der Waals surface area (Å²) in [6.45, 7) is 4.67. The first-order chi connectivity index (χ1) is 26.0. The number of aromatic nitrogens is 4. The molecular formula is C49H34N4. The molecule has 4 nitrogen and oxygen atoms in total. The van der Waals surface area contributed by atoms with Crippen LogP contribution in [0.5, 0.6) is 0 Å². The Balaban J connectivity index is 1.05. The van der Waals surface area contributed by atoms with Crippen LogP contribution in [-0.4, -0.2) is 19.1 Å². The third kappa shape index (κ3) is 4.36. The zero-order valence-corrected chi connectivity index (χ0v) is 29.5. The molecule has 0 unspecified atom stereocenters. The number of benzene rings is 7. The quantitative estimate of drug-likeness (QED) is 0.186. The molecule has 0 spiro atoms. The molecule has 7 aromatic carbocycles. The second-order valence-corrected chi connectivity index (χ2v) is 14.7. The SMILES string of the molecule is CC1(C)c2ccccc2-c2ccc(-c3ccc(-c4nc(-n5c6ccccc6c6c7ccn(-c8ccccc8)c7ccc65)nc5ccccc45)cc3)cc21. The first kappa shape index (κ1) is 29.9. The Kier molecular flexibility index (Phi) is 6.27. The van der Waals surface area contributed by atoms with Gasteiger partial charge in [-0.05, 0) is 81.9 Å². The van der Waals surface area contributed by atoms with Crippen molar-refractivity contribution in [2.24, 2.45) is 0 Å². The molecule has 0 amide bonds. The molecule has 11 rings (SSSR count). The largest absolute Gasteiger partial charge is 0.317 e. The summed E-state index contributed by atoms with van der Waals surface area (Å²) in [7, 11) is 0. The predicted molar refractivity (Wildman–Crippen MR) is 219 cm³/mol. The zero-order valence-electron chi connectivity index (χ0n) is 29.5. The normalized spacial score (nSPS) is 13.2. The number of hydrogen-bond donors (Lipinski definition) is 0. The van der Waals surface area contributed by atoms with Crippen LogP contribution in [0.3, 0.4) is 0 Å². The van der Waals surface area contributed by atoms with Crippen molar-refractivity contribution in [1.29, 1.82) is 0 Å². The Morgan fingerprint density at radius 2 is 1.13 bits per heavy atom. The third-order valence-corrected chi connectivity index (χ3v) is 11.4. The van der Waals surface area contributed by atoms with Gasteiger partial charge in [0.2, 0.25) is 5.95 Å². The van der Waals surface area contributed by atoms with E-state index < -0.39 is 0 Å². The van der Waals surface area contributed by atoms with E-state index in [0.717, 1.165) is 38.9 Å². The molecule has 53 heavy (non-hydrogen) atoms. The van der Waals surface area contributed by atoms with Crippen LogP contribution in [0.2, 0.25) is 0 Å². The number of para-hydroxylation sites is 3. The zero-order chi connectivity index (χ0) is 35.3. The third-order valence-electron chi connectivity index (χ3n) is 11.4. The Morgan fingerprint density at radius 3 is 2.00 bits per heavy atom. The summed E-state index contributed by atoms with van der Waals surface area (Å²) in [6.07, 6.45) is 2.17. The molecule has 0 saturated carbocycles. The van der Waals surface area contributed by atoms with Crippen molar-refractivity contribution in [2.45, 2.75) is 19.3 Å². The molecule has 3 aromatic heterocycles. The van der Waals surface area contributed by atoms with Crippen LogP contribution in [0, 0.1) is 0 Å². The van der Waals surface area contributed by atoms with E-state index in [1.165, 1.54) is 55.1 Å². The maximum absolute atomic E-state index is 5.39. The molecule has 0 fully saturated rings. The van der Waals surface area contributed by atoms with Crippen molar-refractivity contribution in [3.8, 4) is 45.1 Å². The fourth-order valence-corrected chi connectivity index (χ4v) is 8.80. The monoisotopic (exact) mass is 678 g/mol. The molecule has 250 valence electrons. The van der Waals surface area contributed by atoms with Crippen LogP contribution in [-0.2, 0) is 5.41 Å². The lowest BCUT2D eigenvalue weighted by Crippen LogP contribution is -2.14. The van der Waals surface area contributed by atoms with Crippen molar-refractivity contribution >= 4 is 43.6 Å². The van der Waals surface area contributed by atoms with E-state index in [1.54, 1.807) is 0 Å². The molecule has 0 N–H and O–H groups in total. The number of rotatable bonds is 4. The van der Waals surface area contributed by atoms with Crippen molar-refractivity contribution in [3.05, 3.63) is 181 Å². The molecule has 1 aliphatic rings. The smallest absolute Gasteiger partial charge is 0.235 e. The number of nitrogens with zero attached hydrogens (tertiary/aromatic N) is 4. The summed E-state index contributed by atoms with van der Waals surface area (Å²) in [4.78, 5) is 10.6. The van der Waals surface area contributed by atoms with E-state index in [-0.39, 0.29) is 5.41 Å². The van der Waals surface area contributed by atoms with Crippen LogP contribution in [0.15, 0.2) is 170 Å². The predicted octanol–water partition coefficient (Wildman–Crippen LogP) is 12.3. The molecule has 0 saturated heterocycles. The highest BCUT2D eigenvalue weighted by molar-refractivity contribution is 6.21. The Morgan fingerprint density at radius 1 is 0.472 bits per heavy atom. The molecule has 0 bridgehead atoms. The van der Waals surface area contributed by atoms with Gasteiger partial charge in [0.1, 0.15) is 0 Å². The summed E-state index contributed by atoms with van der Waals surface area (Å²) in [5.74, 6) is 0.663. The van der Waals surface area contributed by atoms with Gasteiger partial charge in [-0.3, -0.25) is 4.57 Å². The lowest BCUT2D eigenvalue weighted by Gasteiger charge is -2.22. The number of fused-ring (bicyclic) bond motifs is 9. The van der Waals surface area contributed by atoms with Crippen molar-refractivity contribution in [2.75, 3.05) is 0 Å². The van der Waals surface area contributed by atoms with Gasteiger partial charge < -0.3 is 4.57 Å². The maximum Gasteiger partial charge on any atom is 0.235 e. The molecule has 0 atom stereocenters. The van der Waals surface area contributed by atoms with Gasteiger partial charge in [0, 0.05) is 44.4 Å².